The zero-order chi connectivity index (χ0) is 27.5. The molecule has 2 aromatic carbocycles. The molecule has 0 bridgehead atoms. The SMILES string of the molecule is COc1ccc2c(c1)c(CC(=O)O)c(C)n2C(=O)c1ccc(Cl)cc1.C[N+](C)(C)CCO.O=CCO. The molecule has 0 saturated carbocycles. The van der Waals surface area contributed by atoms with Crippen LogP contribution >= 0.6 is 11.6 Å². The quantitative estimate of drug-likeness (QED) is 0.322. The van der Waals surface area contributed by atoms with Gasteiger partial charge in [-0.25, -0.2) is 0 Å². The summed E-state index contributed by atoms with van der Waals surface area (Å²) >= 11 is 5.89. The molecule has 0 radical (unpaired) electrons. The zero-order valence-electron chi connectivity index (χ0n) is 21.2. The second-order valence-corrected chi connectivity index (χ2v) is 9.19. The van der Waals surface area contributed by atoms with Crippen molar-refractivity contribution in [1.29, 1.82) is 0 Å². The molecular weight excluding hydrogens is 488 g/mol. The number of carboxylic acid groups (broad SMARTS) is 1. The van der Waals surface area contributed by atoms with E-state index in [2.05, 4.69) is 21.1 Å². The van der Waals surface area contributed by atoms with Crippen LogP contribution in [-0.4, -0.2) is 90.5 Å². The van der Waals surface area contributed by atoms with Crippen LogP contribution in [0.1, 0.15) is 21.6 Å². The van der Waals surface area contributed by atoms with Gasteiger partial charge in [0.15, 0.2) is 0 Å². The summed E-state index contributed by atoms with van der Waals surface area (Å²) in [5.41, 5.74) is 2.32. The number of aliphatic carboxylic acids is 1. The third-order valence-electron chi connectivity index (χ3n) is 5.01. The van der Waals surface area contributed by atoms with Gasteiger partial charge in [0.05, 0.1) is 53.4 Å². The van der Waals surface area contributed by atoms with Crippen molar-refractivity contribution in [1.82, 2.24) is 4.57 Å². The molecule has 36 heavy (non-hydrogen) atoms. The second-order valence-electron chi connectivity index (χ2n) is 8.75. The Morgan fingerprint density at radius 1 is 1.08 bits per heavy atom. The number of carbonyl (C=O) groups excluding carboxylic acids is 2. The lowest BCUT2D eigenvalue weighted by Gasteiger charge is -2.21. The van der Waals surface area contributed by atoms with Crippen molar-refractivity contribution in [3.8, 4) is 5.75 Å². The molecule has 10 heteroatoms. The van der Waals surface area contributed by atoms with E-state index in [-0.39, 0.29) is 25.5 Å². The van der Waals surface area contributed by atoms with E-state index in [1.54, 1.807) is 56.5 Å². The first-order valence-electron chi connectivity index (χ1n) is 11.1. The summed E-state index contributed by atoms with van der Waals surface area (Å²) in [6.45, 7) is 2.50. The van der Waals surface area contributed by atoms with Crippen LogP contribution in [0.2, 0.25) is 5.02 Å². The highest BCUT2D eigenvalue weighted by Crippen LogP contribution is 2.30. The monoisotopic (exact) mass is 521 g/mol. The predicted octanol–water partition coefficient (Wildman–Crippen LogP) is 2.79. The number of hydrogen-bond donors (Lipinski definition) is 3. The molecule has 0 saturated heterocycles. The Morgan fingerprint density at radius 2 is 1.67 bits per heavy atom. The molecule has 0 aliphatic carbocycles. The van der Waals surface area contributed by atoms with Gasteiger partial charge in [0.1, 0.15) is 18.6 Å². The number of hydrogen-bond acceptors (Lipinski definition) is 6. The summed E-state index contributed by atoms with van der Waals surface area (Å²) in [6, 6.07) is 11.9. The molecule has 3 N–H and O–H groups in total. The lowest BCUT2D eigenvalue weighted by atomic mass is 10.1. The molecule has 1 heterocycles. The van der Waals surface area contributed by atoms with Gasteiger partial charge in [-0.1, -0.05) is 11.6 Å². The zero-order valence-corrected chi connectivity index (χ0v) is 22.0. The number of fused-ring (bicyclic) bond motifs is 1. The molecule has 0 spiro atoms. The predicted molar refractivity (Wildman–Crippen MR) is 139 cm³/mol. The Bertz CT molecular complexity index is 1170. The Hall–Kier alpha value is -3.24. The summed E-state index contributed by atoms with van der Waals surface area (Å²) in [5, 5.41) is 26.4. The van der Waals surface area contributed by atoms with Crippen LogP contribution in [0, 0.1) is 6.92 Å². The van der Waals surface area contributed by atoms with Crippen molar-refractivity contribution in [3.05, 3.63) is 64.3 Å². The van der Waals surface area contributed by atoms with E-state index in [0.29, 0.717) is 44.8 Å². The van der Waals surface area contributed by atoms with Gasteiger partial charge >= 0.3 is 5.97 Å². The number of nitrogens with zero attached hydrogens (tertiary/aromatic N) is 2. The third-order valence-corrected chi connectivity index (χ3v) is 5.26. The Balaban J connectivity index is 0.000000496. The van der Waals surface area contributed by atoms with E-state index in [1.165, 1.54) is 4.57 Å². The van der Waals surface area contributed by atoms with Crippen molar-refractivity contribution < 1.29 is 38.9 Å². The fourth-order valence-electron chi connectivity index (χ4n) is 3.25. The summed E-state index contributed by atoms with van der Waals surface area (Å²) < 4.78 is 7.62. The molecule has 3 aromatic rings. The first kappa shape index (κ1) is 30.8. The number of quaternary nitrogens is 1. The molecular formula is C26H34ClN2O7+. The van der Waals surface area contributed by atoms with E-state index in [1.807, 2.05) is 0 Å². The van der Waals surface area contributed by atoms with Crippen molar-refractivity contribution >= 4 is 40.7 Å². The number of aliphatic hydroxyl groups excluding tert-OH is 2. The van der Waals surface area contributed by atoms with Gasteiger partial charge < -0.3 is 29.3 Å². The molecule has 9 nitrogen and oxygen atoms in total. The Morgan fingerprint density at radius 3 is 2.08 bits per heavy atom. The number of aromatic nitrogens is 1. The number of benzene rings is 2. The van der Waals surface area contributed by atoms with E-state index >= 15 is 0 Å². The summed E-state index contributed by atoms with van der Waals surface area (Å²) in [5.74, 6) is -0.583. The second kappa shape index (κ2) is 14.4. The lowest BCUT2D eigenvalue weighted by molar-refractivity contribution is -0.870. The van der Waals surface area contributed by atoms with E-state index < -0.39 is 5.97 Å². The summed E-state index contributed by atoms with van der Waals surface area (Å²) in [4.78, 5) is 33.2. The minimum Gasteiger partial charge on any atom is -0.497 e. The van der Waals surface area contributed by atoms with Crippen molar-refractivity contribution in [2.24, 2.45) is 0 Å². The highest BCUT2D eigenvalue weighted by molar-refractivity contribution is 6.30. The molecule has 0 aliphatic rings. The normalized spacial score (nSPS) is 10.6. The van der Waals surface area contributed by atoms with Crippen LogP contribution in [-0.2, 0) is 16.0 Å². The number of ether oxygens (including phenoxy) is 1. The van der Waals surface area contributed by atoms with Crippen LogP contribution < -0.4 is 4.74 Å². The topological polar surface area (TPSA) is 126 Å². The van der Waals surface area contributed by atoms with Crippen LogP contribution in [0.25, 0.3) is 10.9 Å². The Kier molecular flexibility index (Phi) is 12.3. The van der Waals surface area contributed by atoms with Crippen LogP contribution in [0.4, 0.5) is 0 Å². The van der Waals surface area contributed by atoms with Crippen molar-refractivity contribution in [2.75, 3.05) is 48.0 Å². The van der Waals surface area contributed by atoms with Gasteiger partial charge in [0.25, 0.3) is 5.91 Å². The number of halogens is 1. The minimum absolute atomic E-state index is 0.170. The molecule has 3 rings (SSSR count). The maximum atomic E-state index is 13.0. The average molecular weight is 522 g/mol. The molecule has 0 amide bonds. The Labute approximate surface area is 215 Å². The third kappa shape index (κ3) is 9.09. The van der Waals surface area contributed by atoms with Crippen LogP contribution in [0.15, 0.2) is 42.5 Å². The number of likely N-dealkylation sites (N-methyl/N-ethyl adjacent to an activating group) is 1. The van der Waals surface area contributed by atoms with Crippen molar-refractivity contribution in [3.63, 3.8) is 0 Å². The lowest BCUT2D eigenvalue weighted by Crippen LogP contribution is -2.36. The number of carbonyl (C=O) groups is 3. The molecule has 0 aliphatic heterocycles. The van der Waals surface area contributed by atoms with Crippen molar-refractivity contribution in [2.45, 2.75) is 13.3 Å². The fourth-order valence-corrected chi connectivity index (χ4v) is 3.37. The molecule has 0 atom stereocenters. The van der Waals surface area contributed by atoms with Gasteiger partial charge in [-0.05, 0) is 55.0 Å². The molecule has 1 aromatic heterocycles. The van der Waals surface area contributed by atoms with Crippen LogP contribution in [0.5, 0.6) is 5.75 Å². The van der Waals surface area contributed by atoms with E-state index in [4.69, 9.17) is 31.3 Å². The number of methoxy groups -OCH3 is 1. The maximum absolute atomic E-state index is 13.0. The first-order chi connectivity index (χ1) is 16.9. The largest absolute Gasteiger partial charge is 0.497 e. The summed E-state index contributed by atoms with van der Waals surface area (Å²) in [6.07, 6.45) is 0.260. The molecule has 196 valence electrons. The molecule has 0 fully saturated rings. The number of rotatable bonds is 7. The van der Waals surface area contributed by atoms with Crippen LogP contribution in [0.3, 0.4) is 0 Å². The van der Waals surface area contributed by atoms with Gasteiger partial charge in [-0.2, -0.15) is 0 Å². The minimum atomic E-state index is -0.955. The van der Waals surface area contributed by atoms with Gasteiger partial charge in [-0.3, -0.25) is 14.2 Å². The summed E-state index contributed by atoms with van der Waals surface area (Å²) in [7, 11) is 7.70. The van der Waals surface area contributed by atoms with Gasteiger partial charge in [-0.15, -0.1) is 0 Å². The average Bonchev–Trinajstić information content (AvgIpc) is 3.09. The number of aldehydes is 1. The van der Waals surface area contributed by atoms with E-state index in [0.717, 1.165) is 11.0 Å². The molecule has 0 unspecified atom stereocenters. The first-order valence-corrected chi connectivity index (χ1v) is 11.4. The number of carboxylic acids is 1. The van der Waals surface area contributed by atoms with Gasteiger partial charge in [0, 0.05) is 21.7 Å². The van der Waals surface area contributed by atoms with E-state index in [9.17, 15) is 14.7 Å². The highest BCUT2D eigenvalue weighted by Gasteiger charge is 2.21. The number of aliphatic hydroxyl groups is 2. The standard InChI is InChI=1S/C19H16ClNO4.C5H14NO.C2H4O2/c1-11-15(10-18(22)23)16-9-14(25-2)7-8-17(16)21(11)19(24)12-3-5-13(20)6-4-12;1-6(2,3)4-5-7;3-1-2-4/h3-9H,10H2,1-2H3,(H,22,23);7H,4-5H2,1-3H3;1,4H,2H2/q;+1;. The smallest absolute Gasteiger partial charge is 0.307 e. The highest BCUT2D eigenvalue weighted by atomic mass is 35.5. The van der Waals surface area contributed by atoms with Gasteiger partial charge in [0.2, 0.25) is 0 Å². The maximum Gasteiger partial charge on any atom is 0.307 e. The fraction of sp³-hybridized carbons (Fsp3) is 0.346.